The minimum Gasteiger partial charge on any atom is -0.477 e. The van der Waals surface area contributed by atoms with Crippen LogP contribution in [-0.2, 0) is 0 Å². The smallest absolute Gasteiger partial charge is 0.346 e. The fraction of sp³-hybridized carbons (Fsp3) is 0.350. The van der Waals surface area contributed by atoms with Crippen molar-refractivity contribution in [3.8, 4) is 11.4 Å². The topological polar surface area (TPSA) is 75.4 Å². The molecule has 3 aromatic rings. The lowest BCUT2D eigenvalue weighted by Crippen LogP contribution is -2.36. The summed E-state index contributed by atoms with van der Waals surface area (Å²) in [5.74, 6) is -0.386. The van der Waals surface area contributed by atoms with Crippen LogP contribution in [0.2, 0.25) is 0 Å². The van der Waals surface area contributed by atoms with Gasteiger partial charge in [-0.1, -0.05) is 30.3 Å². The second-order valence-corrected chi connectivity index (χ2v) is 8.05. The SMILES string of the molecule is Cc1c(C(=O)O)sc2nc(-c3ccccc3)n(C3CCN(C)CC3)c(=O)c12. The lowest BCUT2D eigenvalue weighted by Gasteiger charge is -2.31. The number of aromatic carboxylic acids is 1. The highest BCUT2D eigenvalue weighted by atomic mass is 32.1. The first kappa shape index (κ1) is 17.9. The molecule has 0 saturated carbocycles. The Labute approximate surface area is 160 Å². The van der Waals surface area contributed by atoms with E-state index in [0.717, 1.165) is 42.8 Å². The number of fused-ring (bicyclic) bond motifs is 1. The summed E-state index contributed by atoms with van der Waals surface area (Å²) in [6.07, 6.45) is 1.75. The van der Waals surface area contributed by atoms with Crippen LogP contribution in [0.4, 0.5) is 0 Å². The molecule has 1 N–H and O–H groups in total. The maximum atomic E-state index is 13.5. The largest absolute Gasteiger partial charge is 0.477 e. The molecule has 1 fully saturated rings. The Kier molecular flexibility index (Phi) is 4.57. The number of carboxylic acid groups (broad SMARTS) is 1. The molecule has 0 atom stereocenters. The van der Waals surface area contributed by atoms with Crippen LogP contribution in [0, 0.1) is 6.92 Å². The molecule has 7 heteroatoms. The molecule has 2 aromatic heterocycles. The number of thiophene rings is 1. The number of likely N-dealkylation sites (tertiary alicyclic amines) is 1. The quantitative estimate of drug-likeness (QED) is 0.750. The second-order valence-electron chi connectivity index (χ2n) is 7.05. The third-order valence-corrected chi connectivity index (χ3v) is 6.45. The molecule has 6 nitrogen and oxygen atoms in total. The van der Waals surface area contributed by atoms with Gasteiger partial charge in [-0.25, -0.2) is 9.78 Å². The molecule has 1 aliphatic heterocycles. The average molecular weight is 383 g/mol. The van der Waals surface area contributed by atoms with Crippen molar-refractivity contribution < 1.29 is 9.90 Å². The van der Waals surface area contributed by atoms with Crippen molar-refractivity contribution in [3.05, 3.63) is 51.1 Å². The minimum atomic E-state index is -1.01. The van der Waals surface area contributed by atoms with Gasteiger partial charge in [0.2, 0.25) is 0 Å². The van der Waals surface area contributed by atoms with Crippen molar-refractivity contribution in [1.29, 1.82) is 0 Å². The van der Waals surface area contributed by atoms with E-state index >= 15 is 0 Å². The fourth-order valence-corrected chi connectivity index (χ4v) is 4.79. The number of aromatic nitrogens is 2. The second kappa shape index (κ2) is 6.90. The van der Waals surface area contributed by atoms with Gasteiger partial charge in [-0.15, -0.1) is 11.3 Å². The lowest BCUT2D eigenvalue weighted by atomic mass is 10.0. The standard InChI is InChI=1S/C20H21N3O3S/c1-12-15-18(27-16(12)20(25)26)21-17(13-6-4-3-5-7-13)23(19(15)24)14-8-10-22(2)11-9-14/h3-7,14H,8-11H2,1-2H3,(H,25,26). The van der Waals surface area contributed by atoms with Gasteiger partial charge in [0.15, 0.2) is 0 Å². The van der Waals surface area contributed by atoms with Crippen LogP contribution >= 0.6 is 11.3 Å². The van der Waals surface area contributed by atoms with Crippen molar-refractivity contribution in [2.24, 2.45) is 0 Å². The summed E-state index contributed by atoms with van der Waals surface area (Å²) in [6.45, 7) is 3.55. The molecule has 4 rings (SSSR count). The first-order valence-corrected chi connectivity index (χ1v) is 9.82. The first-order valence-electron chi connectivity index (χ1n) is 9.00. The molecule has 27 heavy (non-hydrogen) atoms. The monoisotopic (exact) mass is 383 g/mol. The Bertz CT molecular complexity index is 1060. The van der Waals surface area contributed by atoms with Crippen LogP contribution in [0.25, 0.3) is 21.6 Å². The van der Waals surface area contributed by atoms with E-state index < -0.39 is 5.97 Å². The number of hydrogen-bond donors (Lipinski definition) is 1. The molecule has 0 aliphatic carbocycles. The highest BCUT2D eigenvalue weighted by molar-refractivity contribution is 7.20. The Hall–Kier alpha value is -2.51. The Balaban J connectivity index is 2.00. The predicted molar refractivity (Wildman–Crippen MR) is 107 cm³/mol. The van der Waals surface area contributed by atoms with Crippen LogP contribution in [0.5, 0.6) is 0 Å². The van der Waals surface area contributed by atoms with Gasteiger partial charge < -0.3 is 10.0 Å². The predicted octanol–water partition coefficient (Wildman–Crippen LogP) is 3.40. The van der Waals surface area contributed by atoms with Crippen molar-refractivity contribution in [2.75, 3.05) is 20.1 Å². The molecule has 3 heterocycles. The fourth-order valence-electron chi connectivity index (χ4n) is 3.78. The highest BCUT2D eigenvalue weighted by Gasteiger charge is 2.27. The van der Waals surface area contributed by atoms with Gasteiger partial charge in [-0.2, -0.15) is 0 Å². The number of nitrogens with zero attached hydrogens (tertiary/aromatic N) is 3. The molecule has 1 saturated heterocycles. The van der Waals surface area contributed by atoms with Gasteiger partial charge >= 0.3 is 5.97 Å². The lowest BCUT2D eigenvalue weighted by molar-refractivity contribution is 0.0701. The van der Waals surface area contributed by atoms with Gasteiger partial charge in [0.05, 0.1) is 5.39 Å². The van der Waals surface area contributed by atoms with Gasteiger partial charge in [-0.05, 0) is 45.5 Å². The summed E-state index contributed by atoms with van der Waals surface area (Å²) < 4.78 is 1.80. The molecule has 0 radical (unpaired) electrons. The Morgan fingerprint density at radius 2 is 1.89 bits per heavy atom. The number of rotatable bonds is 3. The number of carboxylic acids is 1. The van der Waals surface area contributed by atoms with Gasteiger partial charge in [0, 0.05) is 11.6 Å². The van der Waals surface area contributed by atoms with Crippen molar-refractivity contribution in [3.63, 3.8) is 0 Å². The zero-order valence-corrected chi connectivity index (χ0v) is 16.1. The molecule has 0 unspecified atom stereocenters. The van der Waals surface area contributed by atoms with Crippen LogP contribution in [0.1, 0.15) is 34.1 Å². The van der Waals surface area contributed by atoms with E-state index in [2.05, 4.69) is 11.9 Å². The number of hydrogen-bond acceptors (Lipinski definition) is 5. The Morgan fingerprint density at radius 3 is 2.52 bits per heavy atom. The van der Waals surface area contributed by atoms with E-state index in [0.29, 0.717) is 21.6 Å². The average Bonchev–Trinajstić information content (AvgIpc) is 3.00. The molecule has 0 amide bonds. The number of carbonyl (C=O) groups is 1. The van der Waals surface area contributed by atoms with Gasteiger partial charge in [0.1, 0.15) is 15.5 Å². The maximum absolute atomic E-state index is 13.5. The number of aryl methyl sites for hydroxylation is 1. The van der Waals surface area contributed by atoms with Gasteiger partial charge in [0.25, 0.3) is 5.56 Å². The molecule has 1 aliphatic rings. The van der Waals surface area contributed by atoms with E-state index in [9.17, 15) is 14.7 Å². The zero-order chi connectivity index (χ0) is 19.1. The van der Waals surface area contributed by atoms with Crippen LogP contribution in [0.3, 0.4) is 0 Å². The maximum Gasteiger partial charge on any atom is 0.346 e. The summed E-state index contributed by atoms with van der Waals surface area (Å²) in [5.41, 5.74) is 1.26. The molecule has 0 spiro atoms. The van der Waals surface area contributed by atoms with Crippen LogP contribution < -0.4 is 5.56 Å². The molecule has 1 aromatic carbocycles. The summed E-state index contributed by atoms with van der Waals surface area (Å²) in [7, 11) is 2.08. The van der Waals surface area contributed by atoms with Crippen LogP contribution in [-0.4, -0.2) is 45.7 Å². The number of benzene rings is 1. The summed E-state index contributed by atoms with van der Waals surface area (Å²) in [6, 6.07) is 9.72. The third kappa shape index (κ3) is 3.07. The van der Waals surface area contributed by atoms with Gasteiger partial charge in [-0.3, -0.25) is 9.36 Å². The molecule has 140 valence electrons. The third-order valence-electron chi connectivity index (χ3n) is 5.28. The Morgan fingerprint density at radius 1 is 1.22 bits per heavy atom. The number of piperidine rings is 1. The minimum absolute atomic E-state index is 0.0633. The summed E-state index contributed by atoms with van der Waals surface area (Å²) in [4.78, 5) is 32.7. The first-order chi connectivity index (χ1) is 13.0. The molecular formula is C20H21N3O3S. The normalized spacial score (nSPS) is 16.1. The van der Waals surface area contributed by atoms with E-state index in [4.69, 9.17) is 4.98 Å². The molecular weight excluding hydrogens is 362 g/mol. The summed E-state index contributed by atoms with van der Waals surface area (Å²) in [5, 5.41) is 9.90. The van der Waals surface area contributed by atoms with Crippen LogP contribution in [0.15, 0.2) is 35.1 Å². The van der Waals surface area contributed by atoms with E-state index in [1.54, 1.807) is 11.5 Å². The van der Waals surface area contributed by atoms with Crippen molar-refractivity contribution >= 4 is 27.5 Å². The van der Waals surface area contributed by atoms with Crippen molar-refractivity contribution in [1.82, 2.24) is 14.5 Å². The van der Waals surface area contributed by atoms with E-state index in [-0.39, 0.29) is 16.5 Å². The van der Waals surface area contributed by atoms with Crippen molar-refractivity contribution in [2.45, 2.75) is 25.8 Å². The zero-order valence-electron chi connectivity index (χ0n) is 15.3. The molecule has 0 bridgehead atoms. The summed E-state index contributed by atoms with van der Waals surface area (Å²) >= 11 is 1.08. The van der Waals surface area contributed by atoms with E-state index in [1.807, 2.05) is 30.3 Å². The van der Waals surface area contributed by atoms with E-state index in [1.165, 1.54) is 0 Å². The highest BCUT2D eigenvalue weighted by Crippen LogP contribution is 2.32.